The van der Waals surface area contributed by atoms with Crippen molar-refractivity contribution in [2.24, 2.45) is 0 Å². The highest BCUT2D eigenvalue weighted by atomic mass is 16.6. The lowest BCUT2D eigenvalue weighted by molar-refractivity contribution is -0.142. The molecule has 4 rings (SSSR count). The van der Waals surface area contributed by atoms with Crippen LogP contribution in [0, 0.1) is 0 Å². The van der Waals surface area contributed by atoms with Crippen molar-refractivity contribution in [3.05, 3.63) is 47.5 Å². The number of methoxy groups -OCH3 is 2. The molecule has 1 fully saturated rings. The summed E-state index contributed by atoms with van der Waals surface area (Å²) in [6.07, 6.45) is 14.4. The fourth-order valence-electron chi connectivity index (χ4n) is 8.41. The minimum Gasteiger partial charge on any atom is -0.496 e. The van der Waals surface area contributed by atoms with Crippen LogP contribution < -0.4 is 30.7 Å². The number of carbonyl (C=O) groups is 6. The molecule has 17 nitrogen and oxygen atoms in total. The van der Waals surface area contributed by atoms with Crippen LogP contribution in [0.25, 0.3) is 11.1 Å². The number of carboxylic acids is 1. The van der Waals surface area contributed by atoms with Crippen molar-refractivity contribution in [2.75, 3.05) is 41.5 Å². The fourth-order valence-corrected chi connectivity index (χ4v) is 8.41. The van der Waals surface area contributed by atoms with Gasteiger partial charge in [-0.25, -0.2) is 0 Å². The molecule has 2 aliphatic rings. The number of ether oxygens (including phenoxy) is 3. The van der Waals surface area contributed by atoms with Gasteiger partial charge in [0.2, 0.25) is 29.5 Å². The van der Waals surface area contributed by atoms with Gasteiger partial charge in [-0.05, 0) is 62.1 Å². The Morgan fingerprint density at radius 2 is 1.41 bits per heavy atom. The van der Waals surface area contributed by atoms with Crippen LogP contribution >= 0.6 is 0 Å². The number of aliphatic hydroxyl groups is 1. The van der Waals surface area contributed by atoms with E-state index in [0.717, 1.165) is 19.3 Å². The van der Waals surface area contributed by atoms with Gasteiger partial charge in [0, 0.05) is 31.6 Å². The number of nitrogens with one attached hydrogen (secondary N) is 4. The van der Waals surface area contributed by atoms with Gasteiger partial charge in [0.25, 0.3) is 0 Å². The summed E-state index contributed by atoms with van der Waals surface area (Å²) in [5, 5.41) is 31.2. The Labute approximate surface area is 390 Å². The molecule has 2 aliphatic heterocycles. The molecule has 6 N–H and O–H groups in total. The summed E-state index contributed by atoms with van der Waals surface area (Å²) in [5.74, 6) is -3.10. The van der Waals surface area contributed by atoms with Gasteiger partial charge in [-0.15, -0.1) is 0 Å². The average molecular weight is 923 g/mol. The van der Waals surface area contributed by atoms with Gasteiger partial charge in [0.1, 0.15) is 48.0 Å². The number of epoxide rings is 1. The summed E-state index contributed by atoms with van der Waals surface area (Å²) >= 11 is 0. The molecule has 7 atom stereocenters. The number of aliphatic hydroxyl groups excluding tert-OH is 1. The van der Waals surface area contributed by atoms with Gasteiger partial charge in [-0.2, -0.15) is 0 Å². The number of hydrogen-bond acceptors (Lipinski definition) is 11. The van der Waals surface area contributed by atoms with Crippen molar-refractivity contribution in [1.29, 1.82) is 0 Å². The molecule has 5 amide bonds. The molecule has 0 aromatic heterocycles. The summed E-state index contributed by atoms with van der Waals surface area (Å²) in [6.45, 7) is 4.18. The number of carbonyl (C=O) groups excluding carboxylic acids is 5. The molecule has 366 valence electrons. The van der Waals surface area contributed by atoms with Crippen LogP contribution in [-0.2, 0) is 39.9 Å². The van der Waals surface area contributed by atoms with E-state index in [2.05, 4.69) is 28.2 Å². The third-order valence-electron chi connectivity index (χ3n) is 12.6. The fraction of sp³-hybridized carbons (Fsp3) is 0.633. The lowest BCUT2D eigenvalue weighted by Gasteiger charge is -2.30. The number of carboxylic acid groups (broad SMARTS) is 1. The molecule has 1 saturated heterocycles. The molecule has 4 bridgehead atoms. The molecule has 2 heterocycles. The normalized spacial score (nSPS) is 19.9. The van der Waals surface area contributed by atoms with Crippen molar-refractivity contribution in [3.8, 4) is 22.6 Å². The van der Waals surface area contributed by atoms with Gasteiger partial charge < -0.3 is 50.2 Å². The molecule has 17 heteroatoms. The van der Waals surface area contributed by atoms with E-state index < -0.39 is 85.3 Å². The van der Waals surface area contributed by atoms with Crippen LogP contribution in [0.15, 0.2) is 36.4 Å². The third kappa shape index (κ3) is 15.4. The highest BCUT2D eigenvalue weighted by molar-refractivity contribution is 5.94. The molecule has 0 aliphatic carbocycles. The average Bonchev–Trinajstić information content (AvgIpc) is 4.08. The van der Waals surface area contributed by atoms with Crippen molar-refractivity contribution in [1.82, 2.24) is 31.1 Å². The zero-order valence-corrected chi connectivity index (χ0v) is 40.0. The number of hydrogen-bond donors (Lipinski definition) is 6. The van der Waals surface area contributed by atoms with Crippen LogP contribution in [0.4, 0.5) is 0 Å². The van der Waals surface area contributed by atoms with E-state index in [-0.39, 0.29) is 18.7 Å². The number of amides is 5. The van der Waals surface area contributed by atoms with E-state index in [0.29, 0.717) is 40.2 Å². The minimum absolute atomic E-state index is 0.119. The molecule has 0 spiro atoms. The second-order valence-electron chi connectivity index (χ2n) is 17.6. The van der Waals surface area contributed by atoms with Crippen molar-refractivity contribution in [2.45, 2.75) is 160 Å². The first-order chi connectivity index (χ1) is 31.6. The standard InChI is InChI=1S/C49H74N6O11/c1-8-9-10-11-12-13-14-15-16-17-18-19-20-21-41(57)54(4)38(30-56)46(60)52-32(3)45(59)50-29-42(58)55(5)43-34-23-25-40(65-7)36(28-34)35-26-33(22-24-39(35)64-6)27-37(49(62)63)53-48-44(66-48)31(2)51-47(43)61/h22-26,28,31-32,37-38,43-44,48,53,56H,8-21,27,29-30H2,1-7H3,(H,50,59)(H,51,61)(H,52,60)(H,62,63). The van der Waals surface area contributed by atoms with E-state index in [1.54, 1.807) is 43.3 Å². The minimum atomic E-state index is -1.23. The maximum absolute atomic E-state index is 14.2. The summed E-state index contributed by atoms with van der Waals surface area (Å²) < 4.78 is 17.2. The third-order valence-corrected chi connectivity index (χ3v) is 12.6. The predicted octanol–water partition coefficient (Wildman–Crippen LogP) is 4.62. The number of benzene rings is 2. The van der Waals surface area contributed by atoms with Crippen LogP contribution in [0.3, 0.4) is 0 Å². The SMILES string of the molecule is CCCCCCCCCCCCCCCC(=O)N(C)C(CO)C(=O)NC(C)C(=O)NCC(=O)N(C)C1C(=O)NC(C)C2OC2NC(C(=O)O)Cc2ccc(OC)c(c2)-c2cc1ccc2OC. The summed E-state index contributed by atoms with van der Waals surface area (Å²) in [4.78, 5) is 82.3. The van der Waals surface area contributed by atoms with Gasteiger partial charge in [0.05, 0.1) is 33.4 Å². The Hall–Kier alpha value is -5.26. The van der Waals surface area contributed by atoms with Crippen molar-refractivity contribution in [3.63, 3.8) is 0 Å². The molecular formula is C49H74N6O11. The Kier molecular flexibility index (Phi) is 21.6. The van der Waals surface area contributed by atoms with Crippen LogP contribution in [0.2, 0.25) is 0 Å². The first kappa shape index (κ1) is 53.4. The van der Waals surface area contributed by atoms with Gasteiger partial charge in [-0.1, -0.05) is 96.1 Å². The zero-order chi connectivity index (χ0) is 48.3. The largest absolute Gasteiger partial charge is 0.496 e. The first-order valence-electron chi connectivity index (χ1n) is 23.7. The molecule has 2 aromatic carbocycles. The Morgan fingerprint density at radius 1 is 0.833 bits per heavy atom. The monoisotopic (exact) mass is 923 g/mol. The van der Waals surface area contributed by atoms with Gasteiger partial charge in [0.15, 0.2) is 0 Å². The van der Waals surface area contributed by atoms with Crippen molar-refractivity contribution < 1.29 is 53.2 Å². The van der Waals surface area contributed by atoms with E-state index in [1.165, 1.54) is 103 Å². The highest BCUT2D eigenvalue weighted by Crippen LogP contribution is 2.40. The Balaban J connectivity index is 1.36. The number of fused-ring (bicyclic) bond motifs is 6. The van der Waals surface area contributed by atoms with E-state index in [4.69, 9.17) is 14.2 Å². The molecule has 66 heavy (non-hydrogen) atoms. The van der Waals surface area contributed by atoms with Crippen LogP contribution in [0.5, 0.6) is 11.5 Å². The number of rotatable bonds is 25. The van der Waals surface area contributed by atoms with E-state index >= 15 is 0 Å². The quantitative estimate of drug-likeness (QED) is 0.0593. The number of aliphatic carboxylic acids is 1. The summed E-state index contributed by atoms with van der Waals surface area (Å²) in [6, 6.07) is 5.12. The smallest absolute Gasteiger partial charge is 0.321 e. The van der Waals surface area contributed by atoms with Gasteiger partial charge in [-0.3, -0.25) is 34.1 Å². The maximum Gasteiger partial charge on any atom is 0.321 e. The maximum atomic E-state index is 14.2. The molecule has 0 saturated carbocycles. The highest BCUT2D eigenvalue weighted by Gasteiger charge is 2.46. The second kappa shape index (κ2) is 26.8. The Morgan fingerprint density at radius 3 is 1.98 bits per heavy atom. The lowest BCUT2D eigenvalue weighted by atomic mass is 9.94. The van der Waals surface area contributed by atoms with Crippen LogP contribution in [-0.4, -0.2) is 133 Å². The topological polar surface area (TPSA) is 228 Å². The molecule has 0 radical (unpaired) electrons. The van der Waals surface area contributed by atoms with Crippen molar-refractivity contribution >= 4 is 35.5 Å². The number of unbranched alkanes of at least 4 members (excludes halogenated alkanes) is 12. The lowest BCUT2D eigenvalue weighted by Crippen LogP contribution is -2.55. The van der Waals surface area contributed by atoms with E-state index in [1.807, 2.05) is 0 Å². The van der Waals surface area contributed by atoms with Crippen LogP contribution in [0.1, 0.15) is 128 Å². The summed E-state index contributed by atoms with van der Waals surface area (Å²) in [7, 11) is 5.88. The predicted molar refractivity (Wildman–Crippen MR) is 250 cm³/mol. The zero-order valence-electron chi connectivity index (χ0n) is 40.0. The second-order valence-corrected chi connectivity index (χ2v) is 17.6. The van der Waals surface area contributed by atoms with E-state index in [9.17, 15) is 39.0 Å². The first-order valence-corrected chi connectivity index (χ1v) is 23.7. The Bertz CT molecular complexity index is 1950. The molecule has 7 unspecified atom stereocenters. The number of nitrogens with zero attached hydrogens (tertiary/aromatic N) is 2. The molecular weight excluding hydrogens is 849 g/mol. The molecule has 2 aromatic rings. The van der Waals surface area contributed by atoms with Gasteiger partial charge >= 0.3 is 5.97 Å². The number of likely N-dealkylation sites (N-methyl/N-ethyl adjacent to an activating group) is 2. The summed E-state index contributed by atoms with van der Waals surface area (Å²) in [5.41, 5.74) is 2.17.